The van der Waals surface area contributed by atoms with Crippen molar-refractivity contribution < 1.29 is 14.6 Å². The molecule has 3 N–H and O–H groups in total. The lowest BCUT2D eigenvalue weighted by Crippen LogP contribution is -2.41. The second-order valence-electron chi connectivity index (χ2n) is 6.66. The molecule has 0 spiro atoms. The molecule has 1 fully saturated rings. The molecule has 0 saturated carbocycles. The van der Waals surface area contributed by atoms with E-state index in [2.05, 4.69) is 22.5 Å². The lowest BCUT2D eigenvalue weighted by molar-refractivity contribution is 0.0778. The van der Waals surface area contributed by atoms with Crippen LogP contribution >= 0.6 is 35.7 Å². The number of ether oxygens (including phenoxy) is 2. The third kappa shape index (κ3) is 7.51. The first-order chi connectivity index (χ1) is 13.0. The summed E-state index contributed by atoms with van der Waals surface area (Å²) in [6.45, 7) is 10.4. The number of nitrogens with zero attached hydrogens (tertiary/aromatic N) is 1. The molecule has 1 aromatic carbocycles. The van der Waals surface area contributed by atoms with E-state index < -0.39 is 5.60 Å². The number of aliphatic hydroxyl groups is 1. The van der Waals surface area contributed by atoms with Crippen LogP contribution in [0, 0.1) is 0 Å². The van der Waals surface area contributed by atoms with Gasteiger partial charge in [0.15, 0.2) is 17.5 Å². The van der Waals surface area contributed by atoms with Crippen LogP contribution in [0.2, 0.25) is 0 Å². The molecule has 2 atom stereocenters. The SMILES string of the molecule is CCNC(=NCC1(O)CCSC1)NC(C)c1ccc(OCC)c(OCC)c1.I. The molecular formula is C20H34IN3O3S. The van der Waals surface area contributed by atoms with E-state index in [0.29, 0.717) is 25.7 Å². The maximum absolute atomic E-state index is 10.5. The Hall–Kier alpha value is -0.870. The maximum atomic E-state index is 10.5. The number of nitrogens with one attached hydrogen (secondary N) is 2. The van der Waals surface area contributed by atoms with Gasteiger partial charge in [-0.15, -0.1) is 24.0 Å². The fraction of sp³-hybridized carbons (Fsp3) is 0.650. The number of guanidine groups is 1. The van der Waals surface area contributed by atoms with Crippen LogP contribution in [-0.2, 0) is 0 Å². The third-order valence-electron chi connectivity index (χ3n) is 4.38. The van der Waals surface area contributed by atoms with Gasteiger partial charge in [-0.05, 0) is 57.6 Å². The molecule has 28 heavy (non-hydrogen) atoms. The van der Waals surface area contributed by atoms with Gasteiger partial charge in [-0.25, -0.2) is 0 Å². The Morgan fingerprint density at radius 2 is 1.96 bits per heavy atom. The molecule has 2 rings (SSSR count). The Morgan fingerprint density at radius 1 is 1.25 bits per heavy atom. The average Bonchev–Trinajstić information content (AvgIpc) is 3.08. The predicted molar refractivity (Wildman–Crippen MR) is 129 cm³/mol. The van der Waals surface area contributed by atoms with Gasteiger partial charge in [-0.2, -0.15) is 11.8 Å². The molecule has 1 aliphatic heterocycles. The van der Waals surface area contributed by atoms with E-state index in [9.17, 15) is 5.11 Å². The van der Waals surface area contributed by atoms with Crippen LogP contribution in [0.5, 0.6) is 11.5 Å². The largest absolute Gasteiger partial charge is 0.490 e. The normalized spacial score (nSPS) is 20.2. The summed E-state index contributed by atoms with van der Waals surface area (Å²) in [4.78, 5) is 4.61. The van der Waals surface area contributed by atoms with Gasteiger partial charge < -0.3 is 25.2 Å². The van der Waals surface area contributed by atoms with Gasteiger partial charge in [0.25, 0.3) is 0 Å². The van der Waals surface area contributed by atoms with Crippen molar-refractivity contribution in [2.24, 2.45) is 4.99 Å². The molecule has 0 amide bonds. The molecule has 0 bridgehead atoms. The van der Waals surface area contributed by atoms with Crippen LogP contribution in [0.15, 0.2) is 23.2 Å². The molecule has 1 aliphatic rings. The Bertz CT molecular complexity index is 625. The van der Waals surface area contributed by atoms with E-state index >= 15 is 0 Å². The summed E-state index contributed by atoms with van der Waals surface area (Å²) >= 11 is 1.78. The summed E-state index contributed by atoms with van der Waals surface area (Å²) < 4.78 is 11.4. The molecule has 0 aliphatic carbocycles. The smallest absolute Gasteiger partial charge is 0.191 e. The fourth-order valence-corrected chi connectivity index (χ4v) is 4.18. The molecule has 2 unspecified atom stereocenters. The van der Waals surface area contributed by atoms with Crippen LogP contribution in [0.4, 0.5) is 0 Å². The van der Waals surface area contributed by atoms with Crippen molar-refractivity contribution in [1.29, 1.82) is 0 Å². The van der Waals surface area contributed by atoms with Crippen molar-refractivity contribution in [2.45, 2.75) is 45.8 Å². The van der Waals surface area contributed by atoms with E-state index in [4.69, 9.17) is 9.47 Å². The van der Waals surface area contributed by atoms with Crippen LogP contribution in [-0.4, -0.2) is 54.5 Å². The van der Waals surface area contributed by atoms with Crippen molar-refractivity contribution in [1.82, 2.24) is 10.6 Å². The van der Waals surface area contributed by atoms with Crippen LogP contribution in [0.3, 0.4) is 0 Å². The number of hydrogen-bond acceptors (Lipinski definition) is 5. The number of aliphatic imine (C=N–C) groups is 1. The van der Waals surface area contributed by atoms with Crippen molar-refractivity contribution in [3.8, 4) is 11.5 Å². The van der Waals surface area contributed by atoms with Gasteiger partial charge >= 0.3 is 0 Å². The first kappa shape index (κ1) is 25.2. The summed E-state index contributed by atoms with van der Waals surface area (Å²) in [5.74, 6) is 3.98. The number of halogens is 1. The Kier molecular flexibility index (Phi) is 11.4. The Balaban J connectivity index is 0.00000392. The molecule has 0 radical (unpaired) electrons. The highest BCUT2D eigenvalue weighted by Crippen LogP contribution is 2.31. The number of hydrogen-bond donors (Lipinski definition) is 3. The topological polar surface area (TPSA) is 75.1 Å². The fourth-order valence-electron chi connectivity index (χ4n) is 2.89. The molecule has 1 heterocycles. The van der Waals surface area contributed by atoms with Crippen molar-refractivity contribution in [3.63, 3.8) is 0 Å². The molecule has 8 heteroatoms. The van der Waals surface area contributed by atoms with E-state index in [1.165, 1.54) is 0 Å². The van der Waals surface area contributed by atoms with E-state index in [1.54, 1.807) is 11.8 Å². The minimum atomic E-state index is -0.683. The first-order valence-corrected chi connectivity index (χ1v) is 10.9. The van der Waals surface area contributed by atoms with E-state index in [0.717, 1.165) is 41.5 Å². The quantitative estimate of drug-likeness (QED) is 0.261. The van der Waals surface area contributed by atoms with Gasteiger partial charge in [-0.3, -0.25) is 4.99 Å². The molecular weight excluding hydrogens is 489 g/mol. The minimum Gasteiger partial charge on any atom is -0.490 e. The van der Waals surface area contributed by atoms with Gasteiger partial charge in [0.2, 0.25) is 0 Å². The lowest BCUT2D eigenvalue weighted by atomic mass is 10.0. The van der Waals surface area contributed by atoms with Gasteiger partial charge in [0.05, 0.1) is 31.4 Å². The molecule has 160 valence electrons. The highest BCUT2D eigenvalue weighted by molar-refractivity contribution is 14.0. The Morgan fingerprint density at radius 3 is 2.57 bits per heavy atom. The molecule has 1 aromatic rings. The number of rotatable bonds is 9. The van der Waals surface area contributed by atoms with Crippen molar-refractivity contribution >= 4 is 41.7 Å². The Labute approximate surface area is 190 Å². The van der Waals surface area contributed by atoms with Crippen LogP contribution in [0.1, 0.15) is 45.7 Å². The number of thioether (sulfide) groups is 1. The summed E-state index contributed by atoms with van der Waals surface area (Å²) in [5, 5.41) is 17.2. The minimum absolute atomic E-state index is 0. The lowest BCUT2D eigenvalue weighted by Gasteiger charge is -2.22. The second kappa shape index (κ2) is 12.6. The highest BCUT2D eigenvalue weighted by atomic mass is 127. The summed E-state index contributed by atoms with van der Waals surface area (Å²) in [6, 6.07) is 6.03. The van der Waals surface area contributed by atoms with Gasteiger partial charge in [0, 0.05) is 12.3 Å². The predicted octanol–water partition coefficient (Wildman–Crippen LogP) is 3.59. The summed E-state index contributed by atoms with van der Waals surface area (Å²) in [7, 11) is 0. The maximum Gasteiger partial charge on any atom is 0.191 e. The van der Waals surface area contributed by atoms with E-state index in [-0.39, 0.29) is 30.0 Å². The highest BCUT2D eigenvalue weighted by Gasteiger charge is 2.31. The zero-order chi connectivity index (χ0) is 19.7. The molecule has 6 nitrogen and oxygen atoms in total. The van der Waals surface area contributed by atoms with Crippen molar-refractivity contribution in [2.75, 3.05) is 37.8 Å². The van der Waals surface area contributed by atoms with Crippen LogP contribution < -0.4 is 20.1 Å². The molecule has 1 saturated heterocycles. The third-order valence-corrected chi connectivity index (χ3v) is 5.61. The second-order valence-corrected chi connectivity index (χ2v) is 7.77. The molecule has 0 aromatic heterocycles. The first-order valence-electron chi connectivity index (χ1n) is 9.75. The average molecular weight is 523 g/mol. The van der Waals surface area contributed by atoms with Gasteiger partial charge in [-0.1, -0.05) is 6.07 Å². The van der Waals surface area contributed by atoms with Crippen LogP contribution in [0.25, 0.3) is 0 Å². The zero-order valence-electron chi connectivity index (χ0n) is 17.3. The standard InChI is InChI=1S/C20H33N3O3S.HI/c1-5-21-19(22-13-20(24)10-11-27-14-20)23-15(4)16-8-9-17(25-6-2)18(12-16)26-7-3;/h8-9,12,15,24H,5-7,10-11,13-14H2,1-4H3,(H2,21,22,23);1H. The zero-order valence-corrected chi connectivity index (χ0v) is 20.4. The van der Waals surface area contributed by atoms with Gasteiger partial charge in [0.1, 0.15) is 0 Å². The monoisotopic (exact) mass is 523 g/mol. The number of benzene rings is 1. The summed E-state index contributed by atoms with van der Waals surface area (Å²) in [6.07, 6.45) is 0.798. The van der Waals surface area contributed by atoms with Crippen molar-refractivity contribution in [3.05, 3.63) is 23.8 Å². The summed E-state index contributed by atoms with van der Waals surface area (Å²) in [5.41, 5.74) is 0.403. The van der Waals surface area contributed by atoms with E-state index in [1.807, 2.05) is 39.0 Å².